The molecule has 3 aromatic rings. The zero-order chi connectivity index (χ0) is 15.9. The summed E-state index contributed by atoms with van der Waals surface area (Å²) in [5, 5.41) is 5.16. The summed E-state index contributed by atoms with van der Waals surface area (Å²) in [5.41, 5.74) is 1.68. The van der Waals surface area contributed by atoms with Crippen LogP contribution in [-0.4, -0.2) is 22.4 Å². The molecule has 2 aromatic heterocycles. The van der Waals surface area contributed by atoms with Crippen molar-refractivity contribution in [1.29, 1.82) is 0 Å². The first-order valence-electron chi connectivity index (χ1n) is 7.55. The van der Waals surface area contributed by atoms with Gasteiger partial charge in [0, 0.05) is 17.8 Å². The molecule has 1 aliphatic carbocycles. The van der Waals surface area contributed by atoms with E-state index in [1.54, 1.807) is 18.4 Å². The Balaban J connectivity index is 1.48. The summed E-state index contributed by atoms with van der Waals surface area (Å²) in [7, 11) is 1.65. The van der Waals surface area contributed by atoms with Crippen LogP contribution in [0, 0.1) is 0 Å². The van der Waals surface area contributed by atoms with E-state index >= 15 is 0 Å². The van der Waals surface area contributed by atoms with Gasteiger partial charge in [-0.1, -0.05) is 12.1 Å². The van der Waals surface area contributed by atoms with Crippen LogP contribution in [0.5, 0.6) is 5.75 Å². The van der Waals surface area contributed by atoms with E-state index in [4.69, 9.17) is 4.74 Å². The number of carbonyl (C=O) groups excluding carboxylic acids is 1. The molecule has 0 spiro atoms. The van der Waals surface area contributed by atoms with Crippen LogP contribution in [0.2, 0.25) is 0 Å². The van der Waals surface area contributed by atoms with E-state index in [0.29, 0.717) is 6.42 Å². The SMILES string of the molecule is COc1cccc(C2(NC(=O)Cc3cn4ccsc4n3)CC2)c1. The summed E-state index contributed by atoms with van der Waals surface area (Å²) in [5.74, 6) is 0.827. The third-order valence-electron chi connectivity index (χ3n) is 4.24. The lowest BCUT2D eigenvalue weighted by atomic mass is 10.0. The van der Waals surface area contributed by atoms with Gasteiger partial charge in [-0.05, 0) is 30.5 Å². The molecule has 0 unspecified atom stereocenters. The fourth-order valence-electron chi connectivity index (χ4n) is 2.87. The Morgan fingerprint density at radius 3 is 3.09 bits per heavy atom. The number of thiazole rings is 1. The molecule has 5 nitrogen and oxygen atoms in total. The number of hydrogen-bond acceptors (Lipinski definition) is 4. The zero-order valence-electron chi connectivity index (χ0n) is 12.8. The highest BCUT2D eigenvalue weighted by Gasteiger charge is 2.45. The van der Waals surface area contributed by atoms with Gasteiger partial charge in [0.1, 0.15) is 5.75 Å². The van der Waals surface area contributed by atoms with Crippen molar-refractivity contribution >= 4 is 22.2 Å². The number of methoxy groups -OCH3 is 1. The van der Waals surface area contributed by atoms with Crippen molar-refractivity contribution in [3.8, 4) is 5.75 Å². The van der Waals surface area contributed by atoms with E-state index in [1.165, 1.54) is 0 Å². The topological polar surface area (TPSA) is 55.6 Å². The highest BCUT2D eigenvalue weighted by molar-refractivity contribution is 7.15. The molecule has 0 bridgehead atoms. The standard InChI is InChI=1S/C17H17N3O2S/c1-22-14-4-2-3-12(9-14)17(5-6-17)19-15(21)10-13-11-20-7-8-23-16(20)18-13/h2-4,7-9,11H,5-6,10H2,1H3,(H,19,21). The van der Waals surface area contributed by atoms with E-state index in [9.17, 15) is 4.79 Å². The maximum atomic E-state index is 12.4. The number of hydrogen-bond donors (Lipinski definition) is 1. The molecule has 118 valence electrons. The highest BCUT2D eigenvalue weighted by atomic mass is 32.1. The van der Waals surface area contributed by atoms with Gasteiger partial charge < -0.3 is 10.1 Å². The van der Waals surface area contributed by atoms with Crippen LogP contribution in [0.4, 0.5) is 0 Å². The molecule has 1 fully saturated rings. The molecule has 4 rings (SSSR count). The van der Waals surface area contributed by atoms with E-state index in [1.807, 2.05) is 46.4 Å². The Hall–Kier alpha value is -2.34. The first kappa shape index (κ1) is 14.3. The van der Waals surface area contributed by atoms with Gasteiger partial charge in [0.25, 0.3) is 0 Å². The van der Waals surface area contributed by atoms with E-state index in [-0.39, 0.29) is 11.4 Å². The van der Waals surface area contributed by atoms with E-state index < -0.39 is 0 Å². The van der Waals surface area contributed by atoms with Crippen LogP contribution < -0.4 is 10.1 Å². The van der Waals surface area contributed by atoms with Gasteiger partial charge in [-0.25, -0.2) is 4.98 Å². The number of imidazole rings is 1. The zero-order valence-corrected chi connectivity index (χ0v) is 13.6. The summed E-state index contributed by atoms with van der Waals surface area (Å²) in [4.78, 5) is 17.8. The second-order valence-electron chi connectivity index (χ2n) is 5.86. The third-order valence-corrected chi connectivity index (χ3v) is 5.01. The van der Waals surface area contributed by atoms with Gasteiger partial charge in [-0.2, -0.15) is 0 Å². The Bertz CT molecular complexity index is 835. The summed E-state index contributed by atoms with van der Waals surface area (Å²) in [6, 6.07) is 7.92. The molecule has 0 saturated heterocycles. The number of benzene rings is 1. The number of aromatic nitrogens is 2. The number of nitrogens with zero attached hydrogens (tertiary/aromatic N) is 2. The minimum Gasteiger partial charge on any atom is -0.497 e. The molecule has 1 N–H and O–H groups in total. The predicted molar refractivity (Wildman–Crippen MR) is 88.8 cm³/mol. The van der Waals surface area contributed by atoms with Gasteiger partial charge >= 0.3 is 0 Å². The lowest BCUT2D eigenvalue weighted by Gasteiger charge is -2.18. The number of amides is 1. The Labute approximate surface area is 137 Å². The maximum Gasteiger partial charge on any atom is 0.226 e. The van der Waals surface area contributed by atoms with Gasteiger partial charge in [0.2, 0.25) is 5.91 Å². The molecule has 0 radical (unpaired) electrons. The fourth-order valence-corrected chi connectivity index (χ4v) is 3.59. The molecular formula is C17H17N3O2S. The molecule has 0 atom stereocenters. The van der Waals surface area contributed by atoms with Crippen LogP contribution in [0.25, 0.3) is 4.96 Å². The second kappa shape index (κ2) is 5.38. The first-order chi connectivity index (χ1) is 11.2. The molecular weight excluding hydrogens is 310 g/mol. The molecule has 1 amide bonds. The van der Waals surface area contributed by atoms with Crippen LogP contribution in [-0.2, 0) is 16.8 Å². The van der Waals surface area contributed by atoms with Crippen molar-refractivity contribution < 1.29 is 9.53 Å². The number of ether oxygens (including phenoxy) is 1. The molecule has 6 heteroatoms. The molecule has 1 aromatic carbocycles. The lowest BCUT2D eigenvalue weighted by Crippen LogP contribution is -2.35. The Morgan fingerprint density at radius 2 is 2.35 bits per heavy atom. The summed E-state index contributed by atoms with van der Waals surface area (Å²) < 4.78 is 7.23. The lowest BCUT2D eigenvalue weighted by molar-refractivity contribution is -0.121. The van der Waals surface area contributed by atoms with Crippen molar-refractivity contribution in [2.75, 3.05) is 7.11 Å². The second-order valence-corrected chi connectivity index (χ2v) is 6.74. The average Bonchev–Trinajstić information content (AvgIpc) is 3.03. The van der Waals surface area contributed by atoms with Crippen LogP contribution in [0.15, 0.2) is 42.0 Å². The molecule has 0 aliphatic heterocycles. The summed E-state index contributed by atoms with van der Waals surface area (Å²) in [6.45, 7) is 0. The number of rotatable bonds is 5. The normalized spacial score (nSPS) is 15.5. The van der Waals surface area contributed by atoms with Crippen LogP contribution >= 0.6 is 11.3 Å². The summed E-state index contributed by atoms with van der Waals surface area (Å²) >= 11 is 1.57. The van der Waals surface area contributed by atoms with Crippen molar-refractivity contribution in [3.05, 3.63) is 53.3 Å². The largest absolute Gasteiger partial charge is 0.497 e. The van der Waals surface area contributed by atoms with Crippen LogP contribution in [0.1, 0.15) is 24.1 Å². The molecule has 23 heavy (non-hydrogen) atoms. The highest BCUT2D eigenvalue weighted by Crippen LogP contribution is 2.46. The van der Waals surface area contributed by atoms with Gasteiger partial charge in [0.15, 0.2) is 4.96 Å². The predicted octanol–water partition coefficient (Wildman–Crippen LogP) is 2.75. The Morgan fingerprint density at radius 1 is 1.48 bits per heavy atom. The Kier molecular flexibility index (Phi) is 3.34. The quantitative estimate of drug-likeness (QED) is 0.784. The van der Waals surface area contributed by atoms with E-state index in [0.717, 1.165) is 34.8 Å². The van der Waals surface area contributed by atoms with Crippen molar-refractivity contribution in [1.82, 2.24) is 14.7 Å². The molecule has 2 heterocycles. The maximum absolute atomic E-state index is 12.4. The monoisotopic (exact) mass is 327 g/mol. The number of fused-ring (bicyclic) bond motifs is 1. The minimum atomic E-state index is -0.233. The number of carbonyl (C=O) groups is 1. The van der Waals surface area contributed by atoms with Crippen molar-refractivity contribution in [3.63, 3.8) is 0 Å². The van der Waals surface area contributed by atoms with Gasteiger partial charge in [-0.15, -0.1) is 11.3 Å². The van der Waals surface area contributed by atoms with Crippen molar-refractivity contribution in [2.45, 2.75) is 24.8 Å². The minimum absolute atomic E-state index is 0.0103. The van der Waals surface area contributed by atoms with E-state index in [2.05, 4.69) is 10.3 Å². The van der Waals surface area contributed by atoms with Gasteiger partial charge in [-0.3, -0.25) is 9.20 Å². The molecule has 1 saturated carbocycles. The van der Waals surface area contributed by atoms with Crippen molar-refractivity contribution in [2.24, 2.45) is 0 Å². The summed E-state index contributed by atoms with van der Waals surface area (Å²) in [6.07, 6.45) is 6.10. The smallest absolute Gasteiger partial charge is 0.226 e. The first-order valence-corrected chi connectivity index (χ1v) is 8.43. The van der Waals surface area contributed by atoms with Crippen LogP contribution in [0.3, 0.4) is 0 Å². The number of nitrogens with one attached hydrogen (secondary N) is 1. The average molecular weight is 327 g/mol. The third kappa shape index (κ3) is 2.70. The van der Waals surface area contributed by atoms with Gasteiger partial charge in [0.05, 0.1) is 24.8 Å². The molecule has 1 aliphatic rings. The fraction of sp³-hybridized carbons (Fsp3) is 0.294.